The first-order valence-electron chi connectivity index (χ1n) is 7.52. The second-order valence-electron chi connectivity index (χ2n) is 5.81. The van der Waals surface area contributed by atoms with Gasteiger partial charge in [-0.2, -0.15) is 0 Å². The van der Waals surface area contributed by atoms with Crippen molar-refractivity contribution in [2.45, 2.75) is 39.3 Å². The van der Waals surface area contributed by atoms with Crippen LogP contribution in [0.3, 0.4) is 0 Å². The number of piperidine rings is 1. The number of furan rings is 1. The van der Waals surface area contributed by atoms with Gasteiger partial charge in [-0.25, -0.2) is 4.98 Å². The normalized spacial score (nSPS) is 17.6. The highest BCUT2D eigenvalue weighted by Crippen LogP contribution is 2.22. The van der Waals surface area contributed by atoms with Crippen LogP contribution in [0.15, 0.2) is 35.4 Å². The summed E-state index contributed by atoms with van der Waals surface area (Å²) < 4.78 is 7.39. The van der Waals surface area contributed by atoms with Crippen LogP contribution in [-0.4, -0.2) is 27.5 Å². The zero-order chi connectivity index (χ0) is 13.8. The number of rotatable bonds is 5. The van der Waals surface area contributed by atoms with Crippen LogP contribution in [0.25, 0.3) is 0 Å². The predicted molar refractivity (Wildman–Crippen MR) is 78.3 cm³/mol. The van der Waals surface area contributed by atoms with Crippen molar-refractivity contribution < 1.29 is 4.42 Å². The van der Waals surface area contributed by atoms with Crippen molar-refractivity contribution in [2.75, 3.05) is 13.1 Å². The molecule has 1 saturated heterocycles. The van der Waals surface area contributed by atoms with Crippen LogP contribution in [0.4, 0.5) is 0 Å². The fourth-order valence-electron chi connectivity index (χ4n) is 3.04. The van der Waals surface area contributed by atoms with Crippen LogP contribution in [-0.2, 0) is 13.1 Å². The minimum atomic E-state index is 0.859. The van der Waals surface area contributed by atoms with Crippen molar-refractivity contribution in [3.8, 4) is 0 Å². The number of aryl methyl sites for hydroxylation is 2. The third-order valence-electron chi connectivity index (χ3n) is 4.40. The molecule has 0 saturated carbocycles. The largest absolute Gasteiger partial charge is 0.472 e. The summed E-state index contributed by atoms with van der Waals surface area (Å²) in [6.07, 6.45) is 11.5. The molecule has 0 spiro atoms. The predicted octanol–water partition coefficient (Wildman–Crippen LogP) is 3.09. The molecule has 0 N–H and O–H groups in total. The van der Waals surface area contributed by atoms with E-state index in [9.17, 15) is 0 Å². The average molecular weight is 273 g/mol. The molecule has 0 aliphatic carbocycles. The molecule has 2 aromatic rings. The van der Waals surface area contributed by atoms with Gasteiger partial charge in [-0.05, 0) is 51.3 Å². The summed E-state index contributed by atoms with van der Waals surface area (Å²) in [5, 5.41) is 0. The fraction of sp³-hybridized carbons (Fsp3) is 0.562. The van der Waals surface area contributed by atoms with Crippen molar-refractivity contribution in [3.63, 3.8) is 0 Å². The molecule has 0 atom stereocenters. The van der Waals surface area contributed by atoms with E-state index in [1.807, 2.05) is 12.5 Å². The van der Waals surface area contributed by atoms with Crippen molar-refractivity contribution in [1.29, 1.82) is 0 Å². The number of likely N-dealkylation sites (tertiary alicyclic amines) is 1. The Bertz CT molecular complexity index is 510. The first-order valence-corrected chi connectivity index (χ1v) is 7.52. The lowest BCUT2D eigenvalue weighted by Crippen LogP contribution is -2.33. The molecule has 4 heteroatoms. The zero-order valence-electron chi connectivity index (χ0n) is 12.2. The van der Waals surface area contributed by atoms with Crippen LogP contribution in [0.2, 0.25) is 0 Å². The number of hydrogen-bond donors (Lipinski definition) is 0. The second kappa shape index (κ2) is 6.27. The first-order chi connectivity index (χ1) is 9.81. The van der Waals surface area contributed by atoms with Gasteiger partial charge in [-0.3, -0.25) is 4.90 Å². The summed E-state index contributed by atoms with van der Waals surface area (Å²) >= 11 is 0. The van der Waals surface area contributed by atoms with Crippen molar-refractivity contribution in [3.05, 3.63) is 42.4 Å². The van der Waals surface area contributed by atoms with Crippen molar-refractivity contribution in [1.82, 2.24) is 14.5 Å². The van der Waals surface area contributed by atoms with Gasteiger partial charge in [0.2, 0.25) is 0 Å². The molecule has 3 rings (SSSR count). The van der Waals surface area contributed by atoms with E-state index >= 15 is 0 Å². The maximum absolute atomic E-state index is 5.13. The molecule has 0 bridgehead atoms. The van der Waals surface area contributed by atoms with E-state index in [4.69, 9.17) is 4.42 Å². The number of nitrogens with zero attached hydrogens (tertiary/aromatic N) is 3. The molecule has 1 aliphatic rings. The maximum Gasteiger partial charge on any atom is 0.105 e. The molecular weight excluding hydrogens is 250 g/mol. The third-order valence-corrected chi connectivity index (χ3v) is 4.40. The van der Waals surface area contributed by atoms with Gasteiger partial charge in [0.15, 0.2) is 0 Å². The van der Waals surface area contributed by atoms with Crippen LogP contribution in [0.1, 0.15) is 30.7 Å². The molecule has 1 fully saturated rings. The molecule has 0 unspecified atom stereocenters. The van der Waals surface area contributed by atoms with E-state index in [0.29, 0.717) is 0 Å². The molecule has 108 valence electrons. The van der Waals surface area contributed by atoms with E-state index in [1.54, 1.807) is 6.26 Å². The number of aromatic nitrogens is 2. The molecule has 20 heavy (non-hydrogen) atoms. The number of imidazole rings is 1. The molecule has 1 aliphatic heterocycles. The van der Waals surface area contributed by atoms with Crippen LogP contribution < -0.4 is 0 Å². The van der Waals surface area contributed by atoms with Gasteiger partial charge in [0.1, 0.15) is 5.82 Å². The summed E-state index contributed by atoms with van der Waals surface area (Å²) in [7, 11) is 0. The third kappa shape index (κ3) is 3.31. The molecule has 4 nitrogen and oxygen atoms in total. The molecule has 0 aromatic carbocycles. The minimum absolute atomic E-state index is 0.859. The first kappa shape index (κ1) is 13.4. The Morgan fingerprint density at radius 2 is 2.20 bits per heavy atom. The quantitative estimate of drug-likeness (QED) is 0.839. The van der Waals surface area contributed by atoms with E-state index in [-0.39, 0.29) is 0 Å². The molecular formula is C16H23N3O. The van der Waals surface area contributed by atoms with E-state index in [2.05, 4.69) is 33.6 Å². The van der Waals surface area contributed by atoms with Crippen LogP contribution in [0.5, 0.6) is 0 Å². The topological polar surface area (TPSA) is 34.2 Å². The molecule has 3 heterocycles. The highest BCUT2D eigenvalue weighted by atomic mass is 16.3. The summed E-state index contributed by atoms with van der Waals surface area (Å²) in [5.41, 5.74) is 1.29. The van der Waals surface area contributed by atoms with Gasteiger partial charge in [-0.15, -0.1) is 0 Å². The Morgan fingerprint density at radius 1 is 1.35 bits per heavy atom. The Hall–Kier alpha value is -1.55. The van der Waals surface area contributed by atoms with Gasteiger partial charge < -0.3 is 8.98 Å². The number of hydrogen-bond acceptors (Lipinski definition) is 3. The summed E-state index contributed by atoms with van der Waals surface area (Å²) in [5.74, 6) is 1.99. The second-order valence-corrected chi connectivity index (χ2v) is 5.81. The van der Waals surface area contributed by atoms with Crippen molar-refractivity contribution >= 4 is 0 Å². The Morgan fingerprint density at radius 3 is 2.85 bits per heavy atom. The summed E-state index contributed by atoms with van der Waals surface area (Å²) in [6, 6.07) is 2.06. The average Bonchev–Trinajstić information content (AvgIpc) is 3.10. The van der Waals surface area contributed by atoms with Crippen LogP contribution in [0, 0.1) is 12.8 Å². The van der Waals surface area contributed by atoms with Gasteiger partial charge in [0, 0.05) is 31.0 Å². The Labute approximate surface area is 120 Å². The SMILES string of the molecule is Cc1nccn1CCC1CCN(Cc2ccoc2)CC1. The smallest absolute Gasteiger partial charge is 0.105 e. The molecule has 0 amide bonds. The highest BCUT2D eigenvalue weighted by Gasteiger charge is 2.19. The van der Waals surface area contributed by atoms with Crippen molar-refractivity contribution in [2.24, 2.45) is 5.92 Å². The van der Waals surface area contributed by atoms with Gasteiger partial charge >= 0.3 is 0 Å². The van der Waals surface area contributed by atoms with Gasteiger partial charge in [0.05, 0.1) is 12.5 Å². The lowest BCUT2D eigenvalue weighted by atomic mass is 9.93. The molecule has 2 aromatic heterocycles. The Kier molecular flexibility index (Phi) is 4.21. The summed E-state index contributed by atoms with van der Waals surface area (Å²) in [6.45, 7) is 6.63. The van der Waals surface area contributed by atoms with Gasteiger partial charge in [0.25, 0.3) is 0 Å². The van der Waals surface area contributed by atoms with Crippen LogP contribution >= 0.6 is 0 Å². The monoisotopic (exact) mass is 273 g/mol. The maximum atomic E-state index is 5.13. The Balaban J connectivity index is 1.41. The lowest BCUT2D eigenvalue weighted by Gasteiger charge is -2.31. The van der Waals surface area contributed by atoms with E-state index in [1.165, 1.54) is 37.9 Å². The zero-order valence-corrected chi connectivity index (χ0v) is 12.2. The van der Waals surface area contributed by atoms with E-state index in [0.717, 1.165) is 24.8 Å². The molecule has 0 radical (unpaired) electrons. The summed E-state index contributed by atoms with van der Waals surface area (Å²) in [4.78, 5) is 6.81. The highest BCUT2D eigenvalue weighted by molar-refractivity contribution is 5.05. The fourth-order valence-corrected chi connectivity index (χ4v) is 3.04. The van der Waals surface area contributed by atoms with Gasteiger partial charge in [-0.1, -0.05) is 0 Å². The lowest BCUT2D eigenvalue weighted by molar-refractivity contribution is 0.169. The standard InChI is InChI=1S/C16H23N3O/c1-14-17-6-10-19(14)9-4-15-2-7-18(8-3-15)12-16-5-11-20-13-16/h5-6,10-11,13,15H,2-4,7-9,12H2,1H3. The van der Waals surface area contributed by atoms with E-state index < -0.39 is 0 Å². The minimum Gasteiger partial charge on any atom is -0.472 e.